The Hall–Kier alpha value is -5.35. The Labute approximate surface area is 257 Å². The summed E-state index contributed by atoms with van der Waals surface area (Å²) < 4.78 is 0. The molecule has 10 nitrogen and oxygen atoms in total. The number of amides is 3. The van der Waals surface area contributed by atoms with Crippen molar-refractivity contribution in [2.45, 2.75) is 12.8 Å². The summed E-state index contributed by atoms with van der Waals surface area (Å²) in [5.74, 6) is 0.271. The maximum Gasteiger partial charge on any atom is 0.253 e. The molecule has 4 rings (SSSR count). The molecule has 4 aromatic rings. The van der Waals surface area contributed by atoms with Gasteiger partial charge in [-0.2, -0.15) is 0 Å². The molecule has 0 aliphatic heterocycles. The van der Waals surface area contributed by atoms with Crippen molar-refractivity contribution in [3.8, 4) is 11.1 Å². The zero-order valence-corrected chi connectivity index (χ0v) is 25.4. The van der Waals surface area contributed by atoms with Crippen LogP contribution >= 0.6 is 0 Å². The lowest BCUT2D eigenvalue weighted by Gasteiger charge is -2.11. The van der Waals surface area contributed by atoms with Gasteiger partial charge in [0.05, 0.1) is 23.8 Å². The van der Waals surface area contributed by atoms with Crippen LogP contribution in [0.15, 0.2) is 97.5 Å². The van der Waals surface area contributed by atoms with Gasteiger partial charge in [0, 0.05) is 56.1 Å². The first-order chi connectivity index (χ1) is 21.2. The third kappa shape index (κ3) is 9.60. The van der Waals surface area contributed by atoms with Gasteiger partial charge in [0.25, 0.3) is 5.91 Å². The summed E-state index contributed by atoms with van der Waals surface area (Å²) in [6.07, 6.45) is 9.18. The van der Waals surface area contributed by atoms with Crippen molar-refractivity contribution in [2.24, 2.45) is 0 Å². The number of hydrogen-bond donors (Lipinski definition) is 3. The molecule has 0 aliphatic rings. The number of rotatable bonds is 12. The molecule has 226 valence electrons. The van der Waals surface area contributed by atoms with Gasteiger partial charge in [-0.15, -0.1) is 0 Å². The van der Waals surface area contributed by atoms with E-state index in [9.17, 15) is 14.4 Å². The van der Waals surface area contributed by atoms with Gasteiger partial charge in [0.15, 0.2) is 0 Å². The summed E-state index contributed by atoms with van der Waals surface area (Å²) in [7, 11) is 7.33. The minimum Gasteiger partial charge on any atom is -0.345 e. The molecular weight excluding hydrogens is 554 g/mol. The van der Waals surface area contributed by atoms with Crippen LogP contribution in [-0.2, 0) is 16.0 Å². The molecule has 2 heterocycles. The Bertz CT molecular complexity index is 1600. The first kappa shape index (κ1) is 31.6. The second-order valence-electron chi connectivity index (χ2n) is 10.7. The summed E-state index contributed by atoms with van der Waals surface area (Å²) in [5, 5.41) is 8.94. The van der Waals surface area contributed by atoms with Gasteiger partial charge in [-0.3, -0.25) is 19.4 Å². The first-order valence-corrected chi connectivity index (χ1v) is 14.2. The SMILES string of the molecule is CN(C)C/C=C/C(=O)Nc1ccc(CCC(=O)Nc2cncc(Nc3ccc(-c4ccc(C(=O)N(C)C)cc4)cn3)c2)cc1. The Balaban J connectivity index is 1.26. The quantitative estimate of drug-likeness (QED) is 0.193. The van der Waals surface area contributed by atoms with Crippen LogP contribution in [0.5, 0.6) is 0 Å². The molecule has 0 radical (unpaired) electrons. The highest BCUT2D eigenvalue weighted by molar-refractivity contribution is 5.99. The molecule has 0 fully saturated rings. The van der Waals surface area contributed by atoms with E-state index in [4.69, 9.17) is 0 Å². The standard InChI is InChI=1S/C34H37N7O3/c1-40(2)19-5-6-32(42)38-28-15-7-24(8-16-28)9-18-33(43)39-30-20-29(22-35-23-30)37-31-17-14-27(21-36-31)25-10-12-26(13-11-25)34(44)41(3)4/h5-8,10-17,20-23H,9,18-19H2,1-4H3,(H,36,37)(H,38,42)(H,39,43)/b6-5+. The molecule has 0 aliphatic carbocycles. The lowest BCUT2D eigenvalue weighted by atomic mass is 10.1. The molecule has 0 saturated heterocycles. The Morgan fingerprint density at radius 2 is 1.48 bits per heavy atom. The fraction of sp³-hybridized carbons (Fsp3) is 0.206. The van der Waals surface area contributed by atoms with Crippen molar-refractivity contribution in [2.75, 3.05) is 50.7 Å². The Morgan fingerprint density at radius 1 is 0.773 bits per heavy atom. The highest BCUT2D eigenvalue weighted by Crippen LogP contribution is 2.23. The maximum absolute atomic E-state index is 12.6. The van der Waals surface area contributed by atoms with Crippen LogP contribution in [0.1, 0.15) is 22.3 Å². The van der Waals surface area contributed by atoms with Crippen LogP contribution in [0.3, 0.4) is 0 Å². The number of anilines is 4. The van der Waals surface area contributed by atoms with Crippen LogP contribution < -0.4 is 16.0 Å². The molecule has 3 amide bonds. The topological polar surface area (TPSA) is 120 Å². The molecule has 2 aromatic carbocycles. The number of aromatic nitrogens is 2. The van der Waals surface area contributed by atoms with Gasteiger partial charge in [0.2, 0.25) is 11.8 Å². The summed E-state index contributed by atoms with van der Waals surface area (Å²) in [4.78, 5) is 49.0. The molecule has 3 N–H and O–H groups in total. The summed E-state index contributed by atoms with van der Waals surface area (Å²) >= 11 is 0. The number of carbonyl (C=O) groups excluding carboxylic acids is 3. The first-order valence-electron chi connectivity index (χ1n) is 14.2. The van der Waals surface area contributed by atoms with E-state index in [1.807, 2.05) is 67.5 Å². The van der Waals surface area contributed by atoms with Crippen LogP contribution in [-0.4, -0.2) is 72.2 Å². The van der Waals surface area contributed by atoms with E-state index < -0.39 is 0 Å². The van der Waals surface area contributed by atoms with E-state index in [0.29, 0.717) is 47.8 Å². The number of nitrogens with one attached hydrogen (secondary N) is 3. The largest absolute Gasteiger partial charge is 0.345 e. The molecular formula is C34H37N7O3. The lowest BCUT2D eigenvalue weighted by molar-refractivity contribution is -0.116. The van der Waals surface area contributed by atoms with E-state index in [1.165, 1.54) is 6.08 Å². The fourth-order valence-corrected chi connectivity index (χ4v) is 4.22. The number of pyridine rings is 2. The van der Waals surface area contributed by atoms with Crippen LogP contribution in [0.4, 0.5) is 22.9 Å². The van der Waals surface area contributed by atoms with Gasteiger partial charge < -0.3 is 25.8 Å². The predicted molar refractivity (Wildman–Crippen MR) is 175 cm³/mol. The van der Waals surface area contributed by atoms with Crippen molar-refractivity contribution >= 4 is 40.6 Å². The summed E-state index contributed by atoms with van der Waals surface area (Å²) in [6.45, 7) is 0.691. The van der Waals surface area contributed by atoms with Crippen molar-refractivity contribution < 1.29 is 14.4 Å². The van der Waals surface area contributed by atoms with Crippen molar-refractivity contribution in [3.63, 3.8) is 0 Å². The number of likely N-dealkylation sites (N-methyl/N-ethyl adjacent to an activating group) is 1. The molecule has 10 heteroatoms. The van der Waals surface area contributed by atoms with E-state index in [0.717, 1.165) is 16.7 Å². The number of benzene rings is 2. The average molecular weight is 592 g/mol. The third-order valence-corrected chi connectivity index (χ3v) is 6.53. The Morgan fingerprint density at radius 3 is 2.14 bits per heavy atom. The zero-order valence-electron chi connectivity index (χ0n) is 25.4. The highest BCUT2D eigenvalue weighted by atomic mass is 16.2. The van der Waals surface area contributed by atoms with Gasteiger partial charge in [-0.05, 0) is 74.1 Å². The summed E-state index contributed by atoms with van der Waals surface area (Å²) in [6, 6.07) is 20.5. The normalized spacial score (nSPS) is 10.9. The number of aryl methyl sites for hydroxylation is 1. The molecule has 2 aromatic heterocycles. The van der Waals surface area contributed by atoms with Gasteiger partial charge in [-0.25, -0.2) is 4.98 Å². The van der Waals surface area contributed by atoms with Crippen molar-refractivity contribution in [1.82, 2.24) is 19.8 Å². The second-order valence-corrected chi connectivity index (χ2v) is 10.7. The maximum atomic E-state index is 12.6. The Kier molecular flexibility index (Phi) is 10.9. The average Bonchev–Trinajstić information content (AvgIpc) is 3.01. The minimum absolute atomic E-state index is 0.0425. The molecule has 0 bridgehead atoms. The second kappa shape index (κ2) is 15.2. The van der Waals surface area contributed by atoms with E-state index in [2.05, 4.69) is 25.9 Å². The number of carbonyl (C=O) groups is 3. The predicted octanol–water partition coefficient (Wildman–Crippen LogP) is 5.22. The summed E-state index contributed by atoms with van der Waals surface area (Å²) in [5.41, 5.74) is 5.45. The lowest BCUT2D eigenvalue weighted by Crippen LogP contribution is -2.21. The van der Waals surface area contributed by atoms with Crippen molar-refractivity contribution in [3.05, 3.63) is 109 Å². The molecule has 44 heavy (non-hydrogen) atoms. The monoisotopic (exact) mass is 591 g/mol. The third-order valence-electron chi connectivity index (χ3n) is 6.53. The van der Waals surface area contributed by atoms with Gasteiger partial charge in [0.1, 0.15) is 5.82 Å². The molecule has 0 spiro atoms. The minimum atomic E-state index is -0.182. The van der Waals surface area contributed by atoms with E-state index in [-0.39, 0.29) is 17.7 Å². The van der Waals surface area contributed by atoms with Crippen LogP contribution in [0, 0.1) is 0 Å². The van der Waals surface area contributed by atoms with Crippen LogP contribution in [0.25, 0.3) is 11.1 Å². The highest BCUT2D eigenvalue weighted by Gasteiger charge is 2.09. The van der Waals surface area contributed by atoms with E-state index in [1.54, 1.807) is 61.9 Å². The number of nitrogens with zero attached hydrogens (tertiary/aromatic N) is 4. The molecule has 0 saturated carbocycles. The zero-order chi connectivity index (χ0) is 31.5. The van der Waals surface area contributed by atoms with E-state index >= 15 is 0 Å². The van der Waals surface area contributed by atoms with Gasteiger partial charge in [-0.1, -0.05) is 30.3 Å². The molecule has 0 unspecified atom stereocenters. The molecule has 0 atom stereocenters. The fourth-order valence-electron chi connectivity index (χ4n) is 4.22. The van der Waals surface area contributed by atoms with Gasteiger partial charge >= 0.3 is 0 Å². The van der Waals surface area contributed by atoms with Crippen molar-refractivity contribution in [1.29, 1.82) is 0 Å². The smallest absolute Gasteiger partial charge is 0.253 e. The van der Waals surface area contributed by atoms with Crippen LogP contribution in [0.2, 0.25) is 0 Å². The number of hydrogen-bond acceptors (Lipinski definition) is 7.